The summed E-state index contributed by atoms with van der Waals surface area (Å²) in [5.41, 5.74) is 4.37. The van der Waals surface area contributed by atoms with E-state index < -0.39 is 6.10 Å². The van der Waals surface area contributed by atoms with Crippen molar-refractivity contribution in [3.8, 4) is 5.75 Å². The summed E-state index contributed by atoms with van der Waals surface area (Å²) in [6, 6.07) is 10.2. The van der Waals surface area contributed by atoms with Crippen molar-refractivity contribution in [1.82, 2.24) is 4.98 Å². The number of aliphatic hydroxyl groups is 1. The van der Waals surface area contributed by atoms with Gasteiger partial charge in [0, 0.05) is 12.6 Å². The van der Waals surface area contributed by atoms with Crippen molar-refractivity contribution in [2.75, 3.05) is 6.61 Å². The molecule has 0 fully saturated rings. The smallest absolute Gasteiger partial charge is 0.122 e. The first-order chi connectivity index (χ1) is 9.74. The fraction of sp³-hybridized carbons (Fsp3) is 0.353. The van der Waals surface area contributed by atoms with Crippen LogP contribution in [-0.2, 0) is 12.8 Å². The molecule has 104 valence electrons. The van der Waals surface area contributed by atoms with E-state index in [1.54, 1.807) is 6.20 Å². The molecule has 0 aliphatic carbocycles. The Labute approximate surface area is 119 Å². The van der Waals surface area contributed by atoms with Crippen molar-refractivity contribution in [3.63, 3.8) is 0 Å². The first-order valence-corrected chi connectivity index (χ1v) is 7.08. The number of hydrogen-bond acceptors (Lipinski definition) is 3. The molecule has 1 aliphatic rings. The summed E-state index contributed by atoms with van der Waals surface area (Å²) in [7, 11) is 0. The van der Waals surface area contributed by atoms with Crippen LogP contribution in [0.1, 0.15) is 34.9 Å². The van der Waals surface area contributed by atoms with E-state index in [2.05, 4.69) is 17.1 Å². The van der Waals surface area contributed by atoms with Crippen LogP contribution >= 0.6 is 0 Å². The standard InChI is InChI=1S/C17H19NO2/c1-12-3-2-9-18-17(12)15(19)6-4-13-5-7-16-14(11-13)8-10-20-16/h2-3,5,7,9,11,15,19H,4,6,8,10H2,1H3. The summed E-state index contributed by atoms with van der Waals surface area (Å²) in [5.74, 6) is 1.01. The molecular weight excluding hydrogens is 250 g/mol. The quantitative estimate of drug-likeness (QED) is 0.927. The van der Waals surface area contributed by atoms with Crippen LogP contribution in [-0.4, -0.2) is 16.7 Å². The summed E-state index contributed by atoms with van der Waals surface area (Å²) in [6.07, 6.45) is 3.77. The molecular formula is C17H19NO2. The van der Waals surface area contributed by atoms with Crippen LogP contribution in [0.15, 0.2) is 36.5 Å². The number of pyridine rings is 1. The van der Waals surface area contributed by atoms with Crippen LogP contribution in [0, 0.1) is 6.92 Å². The van der Waals surface area contributed by atoms with Crippen LogP contribution < -0.4 is 4.74 Å². The number of hydrogen-bond donors (Lipinski definition) is 1. The number of aromatic nitrogens is 1. The molecule has 3 heteroatoms. The molecule has 0 saturated carbocycles. The van der Waals surface area contributed by atoms with Gasteiger partial charge in [-0.1, -0.05) is 18.2 Å². The number of rotatable bonds is 4. The maximum absolute atomic E-state index is 10.3. The van der Waals surface area contributed by atoms with E-state index in [0.29, 0.717) is 6.42 Å². The van der Waals surface area contributed by atoms with E-state index >= 15 is 0 Å². The lowest BCUT2D eigenvalue weighted by Gasteiger charge is -2.12. The molecule has 1 aromatic carbocycles. The second kappa shape index (κ2) is 5.63. The van der Waals surface area contributed by atoms with Gasteiger partial charge in [0.2, 0.25) is 0 Å². The Bertz CT molecular complexity index is 610. The van der Waals surface area contributed by atoms with E-state index in [9.17, 15) is 5.11 Å². The molecule has 20 heavy (non-hydrogen) atoms. The average molecular weight is 269 g/mol. The highest BCUT2D eigenvalue weighted by atomic mass is 16.5. The van der Waals surface area contributed by atoms with Crippen molar-refractivity contribution in [3.05, 3.63) is 58.9 Å². The molecule has 0 radical (unpaired) electrons. The third-order valence-electron chi connectivity index (χ3n) is 3.83. The SMILES string of the molecule is Cc1cccnc1C(O)CCc1ccc2c(c1)CCO2. The highest BCUT2D eigenvalue weighted by molar-refractivity contribution is 5.39. The molecule has 1 atom stereocenters. The van der Waals surface area contributed by atoms with E-state index in [1.807, 2.05) is 25.1 Å². The van der Waals surface area contributed by atoms with Crippen molar-refractivity contribution in [2.45, 2.75) is 32.3 Å². The zero-order valence-corrected chi connectivity index (χ0v) is 11.7. The van der Waals surface area contributed by atoms with Crippen LogP contribution in [0.2, 0.25) is 0 Å². The Hall–Kier alpha value is -1.87. The van der Waals surface area contributed by atoms with E-state index in [1.165, 1.54) is 11.1 Å². The number of aliphatic hydroxyl groups excluding tert-OH is 1. The fourth-order valence-electron chi connectivity index (χ4n) is 2.68. The van der Waals surface area contributed by atoms with Crippen LogP contribution in [0.4, 0.5) is 0 Å². The Morgan fingerprint density at radius 2 is 2.25 bits per heavy atom. The number of nitrogens with zero attached hydrogens (tertiary/aromatic N) is 1. The number of aryl methyl sites for hydroxylation is 2. The minimum atomic E-state index is -0.499. The predicted octanol–water partition coefficient (Wildman–Crippen LogP) is 2.99. The monoisotopic (exact) mass is 269 g/mol. The molecule has 0 saturated heterocycles. The van der Waals surface area contributed by atoms with E-state index in [4.69, 9.17) is 4.74 Å². The van der Waals surface area contributed by atoms with Gasteiger partial charge in [0.25, 0.3) is 0 Å². The lowest BCUT2D eigenvalue weighted by Crippen LogP contribution is -2.04. The topological polar surface area (TPSA) is 42.4 Å². The third-order valence-corrected chi connectivity index (χ3v) is 3.83. The summed E-state index contributed by atoms with van der Waals surface area (Å²) >= 11 is 0. The van der Waals surface area contributed by atoms with Crippen LogP contribution in [0.5, 0.6) is 5.75 Å². The molecule has 3 rings (SSSR count). The average Bonchev–Trinajstić information content (AvgIpc) is 2.92. The minimum Gasteiger partial charge on any atom is -0.493 e. The van der Waals surface area contributed by atoms with Gasteiger partial charge in [-0.15, -0.1) is 0 Å². The van der Waals surface area contributed by atoms with Crippen LogP contribution in [0.25, 0.3) is 0 Å². The van der Waals surface area contributed by atoms with Gasteiger partial charge >= 0.3 is 0 Å². The maximum Gasteiger partial charge on any atom is 0.122 e. The van der Waals surface area contributed by atoms with Gasteiger partial charge in [-0.2, -0.15) is 0 Å². The second-order valence-electron chi connectivity index (χ2n) is 5.30. The molecule has 0 spiro atoms. The summed E-state index contributed by atoms with van der Waals surface area (Å²) < 4.78 is 5.50. The Kier molecular flexibility index (Phi) is 3.70. The second-order valence-corrected chi connectivity index (χ2v) is 5.30. The maximum atomic E-state index is 10.3. The van der Waals surface area contributed by atoms with E-state index in [0.717, 1.165) is 36.5 Å². The van der Waals surface area contributed by atoms with Gasteiger partial charge in [-0.25, -0.2) is 0 Å². The van der Waals surface area contributed by atoms with Gasteiger partial charge in [-0.3, -0.25) is 4.98 Å². The summed E-state index contributed by atoms with van der Waals surface area (Å²) in [6.45, 7) is 2.77. The number of benzene rings is 1. The van der Waals surface area contributed by atoms with Crippen molar-refractivity contribution in [2.24, 2.45) is 0 Å². The van der Waals surface area contributed by atoms with Gasteiger partial charge < -0.3 is 9.84 Å². The molecule has 2 aromatic rings. The first kappa shape index (κ1) is 13.1. The molecule has 0 bridgehead atoms. The summed E-state index contributed by atoms with van der Waals surface area (Å²) in [4.78, 5) is 4.28. The van der Waals surface area contributed by atoms with Gasteiger partial charge in [0.1, 0.15) is 5.75 Å². The molecule has 3 nitrogen and oxygen atoms in total. The largest absolute Gasteiger partial charge is 0.493 e. The minimum absolute atomic E-state index is 0.499. The molecule has 0 amide bonds. The third kappa shape index (κ3) is 2.68. The highest BCUT2D eigenvalue weighted by Gasteiger charge is 2.14. The summed E-state index contributed by atoms with van der Waals surface area (Å²) in [5, 5.41) is 10.3. The zero-order chi connectivity index (χ0) is 13.9. The van der Waals surface area contributed by atoms with Crippen molar-refractivity contribution in [1.29, 1.82) is 0 Å². The molecule has 2 heterocycles. The Balaban J connectivity index is 1.66. The fourth-order valence-corrected chi connectivity index (χ4v) is 2.68. The van der Waals surface area contributed by atoms with Crippen molar-refractivity contribution >= 4 is 0 Å². The van der Waals surface area contributed by atoms with E-state index in [-0.39, 0.29) is 0 Å². The lowest BCUT2D eigenvalue weighted by molar-refractivity contribution is 0.162. The van der Waals surface area contributed by atoms with Crippen molar-refractivity contribution < 1.29 is 9.84 Å². The zero-order valence-electron chi connectivity index (χ0n) is 11.7. The predicted molar refractivity (Wildman–Crippen MR) is 77.9 cm³/mol. The Morgan fingerprint density at radius 1 is 1.35 bits per heavy atom. The molecule has 1 aliphatic heterocycles. The lowest BCUT2D eigenvalue weighted by atomic mass is 10.0. The molecule has 1 unspecified atom stereocenters. The first-order valence-electron chi connectivity index (χ1n) is 7.08. The molecule has 1 N–H and O–H groups in total. The normalized spacial score (nSPS) is 14.7. The van der Waals surface area contributed by atoms with Gasteiger partial charge in [0.05, 0.1) is 18.4 Å². The highest BCUT2D eigenvalue weighted by Crippen LogP contribution is 2.27. The van der Waals surface area contributed by atoms with Gasteiger partial charge in [-0.05, 0) is 48.6 Å². The number of ether oxygens (including phenoxy) is 1. The van der Waals surface area contributed by atoms with Gasteiger partial charge in [0.15, 0.2) is 0 Å². The number of fused-ring (bicyclic) bond motifs is 1. The molecule has 1 aromatic heterocycles. The van der Waals surface area contributed by atoms with Crippen LogP contribution in [0.3, 0.4) is 0 Å². The Morgan fingerprint density at radius 3 is 3.10 bits per heavy atom.